The highest BCUT2D eigenvalue weighted by atomic mass is 16.1. The molecular weight excluding hydrogens is 198 g/mol. The molecule has 2 rings (SSSR count). The molecule has 0 amide bonds. The first-order chi connectivity index (χ1) is 7.47. The lowest BCUT2D eigenvalue weighted by atomic mass is 9.88. The van der Waals surface area contributed by atoms with Gasteiger partial charge in [0.15, 0.2) is 0 Å². The summed E-state index contributed by atoms with van der Waals surface area (Å²) in [4.78, 5) is 14.1. The fourth-order valence-corrected chi connectivity index (χ4v) is 2.21. The first-order valence-electron chi connectivity index (χ1n) is 6.71. The van der Waals surface area contributed by atoms with Crippen molar-refractivity contribution in [2.45, 2.75) is 46.5 Å². The third kappa shape index (κ3) is 3.58. The summed E-state index contributed by atoms with van der Waals surface area (Å²) in [5.74, 6) is 2.19. The molecule has 16 heavy (non-hydrogen) atoms. The molecule has 92 valence electrons. The molecule has 0 heterocycles. The fraction of sp³-hybridized carbons (Fsp3) is 0.929. The van der Waals surface area contributed by atoms with Gasteiger partial charge < -0.3 is 4.90 Å². The Labute approximate surface area is 99.4 Å². The zero-order valence-electron chi connectivity index (χ0n) is 11.0. The van der Waals surface area contributed by atoms with Gasteiger partial charge >= 0.3 is 0 Å². The molecule has 2 nitrogen and oxygen atoms in total. The van der Waals surface area contributed by atoms with Crippen LogP contribution in [-0.4, -0.2) is 30.3 Å². The van der Waals surface area contributed by atoms with Crippen LogP contribution in [0.4, 0.5) is 0 Å². The zero-order valence-corrected chi connectivity index (χ0v) is 11.0. The van der Waals surface area contributed by atoms with Crippen LogP contribution in [0.5, 0.6) is 0 Å². The van der Waals surface area contributed by atoms with Crippen LogP contribution in [0.3, 0.4) is 0 Å². The van der Waals surface area contributed by atoms with Crippen molar-refractivity contribution in [1.29, 1.82) is 0 Å². The SMILES string of the molecule is CC(=O)C(C)(C)CN(CC1CC1)CC1CC1. The Morgan fingerprint density at radius 2 is 1.56 bits per heavy atom. The van der Waals surface area contributed by atoms with E-state index < -0.39 is 0 Å². The van der Waals surface area contributed by atoms with Crippen LogP contribution in [0.1, 0.15) is 46.5 Å². The topological polar surface area (TPSA) is 20.3 Å². The van der Waals surface area contributed by atoms with Gasteiger partial charge in [0.25, 0.3) is 0 Å². The van der Waals surface area contributed by atoms with Crippen molar-refractivity contribution in [1.82, 2.24) is 4.90 Å². The predicted octanol–water partition coefficient (Wildman–Crippen LogP) is 2.72. The summed E-state index contributed by atoms with van der Waals surface area (Å²) in [6.45, 7) is 9.31. The predicted molar refractivity (Wildman–Crippen MR) is 66.4 cm³/mol. The van der Waals surface area contributed by atoms with Gasteiger partial charge in [-0.1, -0.05) is 13.8 Å². The molecule has 0 radical (unpaired) electrons. The Morgan fingerprint density at radius 3 is 1.88 bits per heavy atom. The van der Waals surface area contributed by atoms with Gasteiger partial charge in [-0.3, -0.25) is 4.79 Å². The number of rotatable bonds is 7. The quantitative estimate of drug-likeness (QED) is 0.661. The first-order valence-corrected chi connectivity index (χ1v) is 6.71. The number of Topliss-reactive ketones (excluding diaryl/α,β-unsaturated/α-hetero) is 1. The molecule has 0 aromatic rings. The number of carbonyl (C=O) groups excluding carboxylic acids is 1. The van der Waals surface area contributed by atoms with Crippen LogP contribution in [0, 0.1) is 17.3 Å². The fourth-order valence-electron chi connectivity index (χ4n) is 2.21. The van der Waals surface area contributed by atoms with Crippen LogP contribution in [0.25, 0.3) is 0 Å². The lowest BCUT2D eigenvalue weighted by Gasteiger charge is -2.31. The minimum absolute atomic E-state index is 0.163. The van der Waals surface area contributed by atoms with Crippen molar-refractivity contribution in [3.8, 4) is 0 Å². The molecule has 0 aromatic carbocycles. The molecule has 0 aromatic heterocycles. The average Bonchev–Trinajstić information content (AvgIpc) is 2.98. The Morgan fingerprint density at radius 1 is 1.12 bits per heavy atom. The molecule has 2 aliphatic carbocycles. The highest BCUT2D eigenvalue weighted by Gasteiger charge is 2.33. The van der Waals surface area contributed by atoms with E-state index in [9.17, 15) is 4.79 Å². The van der Waals surface area contributed by atoms with E-state index in [0.29, 0.717) is 5.78 Å². The van der Waals surface area contributed by atoms with E-state index in [1.807, 2.05) is 0 Å². The van der Waals surface area contributed by atoms with Crippen LogP contribution in [0.2, 0.25) is 0 Å². The molecule has 0 N–H and O–H groups in total. The second-order valence-corrected chi connectivity index (χ2v) is 6.52. The Balaban J connectivity index is 1.85. The third-order valence-electron chi connectivity index (χ3n) is 4.00. The minimum Gasteiger partial charge on any atom is -0.302 e. The Hall–Kier alpha value is -0.370. The van der Waals surface area contributed by atoms with Crippen LogP contribution < -0.4 is 0 Å². The molecule has 2 fully saturated rings. The highest BCUT2D eigenvalue weighted by Crippen LogP contribution is 2.35. The van der Waals surface area contributed by atoms with Gasteiger partial charge in [0.1, 0.15) is 5.78 Å². The summed E-state index contributed by atoms with van der Waals surface area (Å²) >= 11 is 0. The summed E-state index contributed by atoms with van der Waals surface area (Å²) in [7, 11) is 0. The maximum atomic E-state index is 11.6. The first kappa shape index (κ1) is 12.1. The van der Waals surface area contributed by atoms with Gasteiger partial charge in [-0.2, -0.15) is 0 Å². The second kappa shape index (κ2) is 4.48. The van der Waals surface area contributed by atoms with Gasteiger partial charge in [-0.25, -0.2) is 0 Å². The van der Waals surface area contributed by atoms with Gasteiger partial charge in [0, 0.05) is 25.0 Å². The Bertz CT molecular complexity index is 250. The molecule has 0 spiro atoms. The summed E-state index contributed by atoms with van der Waals surface area (Å²) in [6, 6.07) is 0. The van der Waals surface area contributed by atoms with Crippen molar-refractivity contribution >= 4 is 5.78 Å². The van der Waals surface area contributed by atoms with Crippen LogP contribution in [-0.2, 0) is 4.79 Å². The molecule has 0 aliphatic heterocycles. The standard InChI is InChI=1S/C14H25NO/c1-11(16)14(2,3)10-15(8-12-4-5-12)9-13-6-7-13/h12-13H,4-10H2,1-3H3. The number of ketones is 1. The average molecular weight is 223 g/mol. The van der Waals surface area contributed by atoms with Gasteiger partial charge in [0.2, 0.25) is 0 Å². The second-order valence-electron chi connectivity index (χ2n) is 6.52. The van der Waals surface area contributed by atoms with Crippen molar-refractivity contribution in [3.63, 3.8) is 0 Å². The molecule has 0 atom stereocenters. The number of carbonyl (C=O) groups is 1. The number of hydrogen-bond acceptors (Lipinski definition) is 2. The zero-order chi connectivity index (χ0) is 11.8. The molecule has 2 heteroatoms. The van der Waals surface area contributed by atoms with E-state index in [0.717, 1.165) is 18.4 Å². The lowest BCUT2D eigenvalue weighted by Crippen LogP contribution is -2.40. The normalized spacial score (nSPS) is 21.5. The van der Waals surface area contributed by atoms with Gasteiger partial charge in [-0.15, -0.1) is 0 Å². The van der Waals surface area contributed by atoms with Gasteiger partial charge in [0.05, 0.1) is 0 Å². The van der Waals surface area contributed by atoms with Crippen molar-refractivity contribution in [2.75, 3.05) is 19.6 Å². The van der Waals surface area contributed by atoms with E-state index in [1.165, 1.54) is 38.8 Å². The summed E-state index contributed by atoms with van der Waals surface area (Å²) in [5, 5.41) is 0. The molecular formula is C14H25NO. The summed E-state index contributed by atoms with van der Waals surface area (Å²) in [6.07, 6.45) is 5.62. The van der Waals surface area contributed by atoms with E-state index in [1.54, 1.807) is 6.92 Å². The van der Waals surface area contributed by atoms with E-state index >= 15 is 0 Å². The third-order valence-corrected chi connectivity index (χ3v) is 4.00. The van der Waals surface area contributed by atoms with E-state index in [4.69, 9.17) is 0 Å². The van der Waals surface area contributed by atoms with Crippen LogP contribution >= 0.6 is 0 Å². The maximum Gasteiger partial charge on any atom is 0.136 e. The van der Waals surface area contributed by atoms with Crippen LogP contribution in [0.15, 0.2) is 0 Å². The molecule has 0 saturated heterocycles. The monoisotopic (exact) mass is 223 g/mol. The molecule has 0 unspecified atom stereocenters. The van der Waals surface area contributed by atoms with Crippen molar-refractivity contribution in [3.05, 3.63) is 0 Å². The molecule has 2 aliphatic rings. The van der Waals surface area contributed by atoms with Gasteiger partial charge in [-0.05, 0) is 44.4 Å². The number of nitrogens with zero attached hydrogens (tertiary/aromatic N) is 1. The lowest BCUT2D eigenvalue weighted by molar-refractivity contribution is -0.125. The molecule has 0 bridgehead atoms. The van der Waals surface area contributed by atoms with E-state index in [2.05, 4.69) is 18.7 Å². The van der Waals surface area contributed by atoms with Crippen molar-refractivity contribution in [2.24, 2.45) is 17.3 Å². The number of hydrogen-bond donors (Lipinski definition) is 0. The highest BCUT2D eigenvalue weighted by molar-refractivity contribution is 5.81. The van der Waals surface area contributed by atoms with Crippen molar-refractivity contribution < 1.29 is 4.79 Å². The molecule has 2 saturated carbocycles. The summed E-state index contributed by atoms with van der Waals surface area (Å²) < 4.78 is 0. The maximum absolute atomic E-state index is 11.6. The van der Waals surface area contributed by atoms with E-state index in [-0.39, 0.29) is 5.41 Å². The Kier molecular flexibility index (Phi) is 3.39. The largest absolute Gasteiger partial charge is 0.302 e. The minimum atomic E-state index is -0.163. The smallest absolute Gasteiger partial charge is 0.136 e. The summed E-state index contributed by atoms with van der Waals surface area (Å²) in [5.41, 5.74) is -0.163.